The van der Waals surface area contributed by atoms with E-state index in [-0.39, 0.29) is 23.6 Å². The van der Waals surface area contributed by atoms with Crippen molar-refractivity contribution in [2.75, 3.05) is 33.2 Å². The van der Waals surface area contributed by atoms with Crippen LogP contribution in [0.4, 0.5) is 0 Å². The van der Waals surface area contributed by atoms with Gasteiger partial charge in [0.15, 0.2) is 0 Å². The van der Waals surface area contributed by atoms with Crippen LogP contribution in [0.2, 0.25) is 10.0 Å². The van der Waals surface area contributed by atoms with Crippen molar-refractivity contribution in [1.82, 2.24) is 20.0 Å². The van der Waals surface area contributed by atoms with E-state index in [1.165, 1.54) is 0 Å². The number of aliphatic imine (C=N–C) groups is 1. The van der Waals surface area contributed by atoms with Gasteiger partial charge >= 0.3 is 0 Å². The van der Waals surface area contributed by atoms with Gasteiger partial charge < -0.3 is 15.1 Å². The highest BCUT2D eigenvalue weighted by Crippen LogP contribution is 2.27. The predicted octanol–water partition coefficient (Wildman–Crippen LogP) is 3.19. The molecule has 8 nitrogen and oxygen atoms in total. The summed E-state index contributed by atoms with van der Waals surface area (Å²) in [5.41, 5.74) is 7.42. The van der Waals surface area contributed by atoms with E-state index < -0.39 is 0 Å². The SMILES string of the molecule is CN1CCC(c2nnc(C(=N)CC3C(N)=NCCN3Cc3cc(Cl)ccc3Cl)o2)CC1. The van der Waals surface area contributed by atoms with Crippen LogP contribution in [-0.4, -0.2) is 70.8 Å². The summed E-state index contributed by atoms with van der Waals surface area (Å²) in [6.07, 6.45) is 2.31. The molecule has 0 spiro atoms. The number of piperidine rings is 1. The highest BCUT2D eigenvalue weighted by Gasteiger charge is 2.30. The summed E-state index contributed by atoms with van der Waals surface area (Å²) in [7, 11) is 2.11. The minimum atomic E-state index is -0.241. The van der Waals surface area contributed by atoms with Crippen LogP contribution in [0.25, 0.3) is 0 Å². The average molecular weight is 464 g/mol. The number of nitrogens with zero attached hydrogens (tertiary/aromatic N) is 5. The van der Waals surface area contributed by atoms with Gasteiger partial charge in [-0.3, -0.25) is 15.3 Å². The lowest BCUT2D eigenvalue weighted by Gasteiger charge is -2.34. The molecule has 1 atom stereocenters. The van der Waals surface area contributed by atoms with Gasteiger partial charge in [0.25, 0.3) is 5.89 Å². The number of benzene rings is 1. The number of hydrogen-bond acceptors (Lipinski definition) is 8. The van der Waals surface area contributed by atoms with E-state index in [0.29, 0.717) is 47.8 Å². The van der Waals surface area contributed by atoms with E-state index in [9.17, 15) is 0 Å². The van der Waals surface area contributed by atoms with Gasteiger partial charge in [0, 0.05) is 35.5 Å². The van der Waals surface area contributed by atoms with Gasteiger partial charge in [0.2, 0.25) is 5.89 Å². The first-order valence-corrected chi connectivity index (χ1v) is 11.2. The maximum atomic E-state index is 8.57. The van der Waals surface area contributed by atoms with Crippen LogP contribution in [0.5, 0.6) is 0 Å². The van der Waals surface area contributed by atoms with Crippen molar-refractivity contribution in [3.63, 3.8) is 0 Å². The zero-order valence-electron chi connectivity index (χ0n) is 17.5. The Morgan fingerprint density at radius 3 is 2.77 bits per heavy atom. The molecule has 0 saturated carbocycles. The number of likely N-dealkylation sites (tertiary alicyclic amines) is 1. The van der Waals surface area contributed by atoms with Crippen LogP contribution in [0, 0.1) is 5.41 Å². The molecule has 3 heterocycles. The number of nitrogens with one attached hydrogen (secondary N) is 1. The zero-order chi connectivity index (χ0) is 22.0. The van der Waals surface area contributed by atoms with Crippen molar-refractivity contribution in [2.24, 2.45) is 10.7 Å². The molecule has 4 rings (SSSR count). The third-order valence-electron chi connectivity index (χ3n) is 6.01. The lowest BCUT2D eigenvalue weighted by atomic mass is 9.97. The van der Waals surface area contributed by atoms with Crippen LogP contribution < -0.4 is 5.73 Å². The molecule has 10 heteroatoms. The Kier molecular flexibility index (Phi) is 6.91. The van der Waals surface area contributed by atoms with Crippen molar-refractivity contribution in [1.29, 1.82) is 5.41 Å². The topological polar surface area (TPSA) is 108 Å². The Morgan fingerprint density at radius 1 is 1.23 bits per heavy atom. The summed E-state index contributed by atoms with van der Waals surface area (Å²) in [5, 5.41) is 18.2. The van der Waals surface area contributed by atoms with E-state index in [1.807, 2.05) is 6.07 Å². The quantitative estimate of drug-likeness (QED) is 0.636. The lowest BCUT2D eigenvalue weighted by Crippen LogP contribution is -2.50. The standard InChI is InChI=1S/C21H27Cl2N7O/c1-29-7-4-13(5-8-29)20-27-28-21(31-20)17(24)11-18-19(25)26-6-9-30(18)12-14-10-15(22)2-3-16(14)23/h2-3,10,13,18,24H,4-9,11-12H2,1H3,(H2,25,26). The number of nitrogens with two attached hydrogens (primary N) is 1. The van der Waals surface area contributed by atoms with Crippen molar-refractivity contribution in [3.05, 3.63) is 45.6 Å². The van der Waals surface area contributed by atoms with Crippen molar-refractivity contribution >= 4 is 34.7 Å². The van der Waals surface area contributed by atoms with Crippen LogP contribution >= 0.6 is 23.2 Å². The first-order chi connectivity index (χ1) is 14.9. The summed E-state index contributed by atoms with van der Waals surface area (Å²) < 4.78 is 5.88. The normalized spacial score (nSPS) is 21.3. The Balaban J connectivity index is 1.46. The van der Waals surface area contributed by atoms with Gasteiger partial charge in [-0.2, -0.15) is 0 Å². The van der Waals surface area contributed by atoms with Crippen molar-refractivity contribution in [3.8, 4) is 0 Å². The summed E-state index contributed by atoms with van der Waals surface area (Å²) in [5.74, 6) is 1.64. The fourth-order valence-corrected chi connectivity index (χ4v) is 4.49. The molecule has 1 unspecified atom stereocenters. The number of rotatable bonds is 6. The van der Waals surface area contributed by atoms with Crippen LogP contribution in [-0.2, 0) is 6.54 Å². The van der Waals surface area contributed by atoms with Crippen molar-refractivity contribution < 1.29 is 4.42 Å². The fraction of sp³-hybridized carbons (Fsp3) is 0.524. The van der Waals surface area contributed by atoms with Gasteiger partial charge in [-0.25, -0.2) is 0 Å². The minimum absolute atomic E-state index is 0.241. The lowest BCUT2D eigenvalue weighted by molar-refractivity contribution is 0.230. The molecule has 2 aromatic rings. The van der Waals surface area contributed by atoms with E-state index >= 15 is 0 Å². The molecule has 1 saturated heterocycles. The van der Waals surface area contributed by atoms with Gasteiger partial charge in [0.05, 0.1) is 18.3 Å². The van der Waals surface area contributed by atoms with Gasteiger partial charge in [-0.1, -0.05) is 23.2 Å². The molecule has 0 radical (unpaired) electrons. The molecule has 2 aliphatic heterocycles. The largest absolute Gasteiger partial charge is 0.419 e. The summed E-state index contributed by atoms with van der Waals surface area (Å²) in [6, 6.07) is 5.18. The molecule has 166 valence electrons. The molecule has 3 N–H and O–H groups in total. The molecule has 0 amide bonds. The highest BCUT2D eigenvalue weighted by atomic mass is 35.5. The van der Waals surface area contributed by atoms with Crippen LogP contribution in [0.15, 0.2) is 27.6 Å². The Morgan fingerprint density at radius 2 is 2.00 bits per heavy atom. The average Bonchev–Trinajstić information content (AvgIpc) is 3.24. The smallest absolute Gasteiger partial charge is 0.261 e. The maximum Gasteiger partial charge on any atom is 0.261 e. The Hall–Kier alpha value is -2.00. The van der Waals surface area contributed by atoms with Crippen LogP contribution in [0.3, 0.4) is 0 Å². The molecule has 2 aliphatic rings. The summed E-state index contributed by atoms with van der Waals surface area (Å²) in [6.45, 7) is 3.91. The first-order valence-electron chi connectivity index (χ1n) is 10.5. The highest BCUT2D eigenvalue weighted by molar-refractivity contribution is 6.33. The predicted molar refractivity (Wildman–Crippen MR) is 122 cm³/mol. The molecule has 0 bridgehead atoms. The molecular formula is C21H27Cl2N7O. The number of halogens is 2. The van der Waals surface area contributed by atoms with Crippen molar-refractivity contribution in [2.45, 2.75) is 37.8 Å². The monoisotopic (exact) mass is 463 g/mol. The Bertz CT molecular complexity index is 968. The van der Waals surface area contributed by atoms with Crippen LogP contribution in [0.1, 0.15) is 42.5 Å². The molecule has 31 heavy (non-hydrogen) atoms. The molecule has 0 aliphatic carbocycles. The second-order valence-corrected chi connectivity index (χ2v) is 9.08. The number of aromatic nitrogens is 2. The molecule has 1 fully saturated rings. The zero-order valence-corrected chi connectivity index (χ0v) is 19.0. The van der Waals surface area contributed by atoms with E-state index in [4.69, 9.17) is 38.8 Å². The maximum absolute atomic E-state index is 8.57. The molecular weight excluding hydrogens is 437 g/mol. The third kappa shape index (κ3) is 5.26. The van der Waals surface area contributed by atoms with E-state index in [2.05, 4.69) is 32.0 Å². The van der Waals surface area contributed by atoms with E-state index in [0.717, 1.165) is 31.5 Å². The second kappa shape index (κ2) is 9.65. The van der Waals surface area contributed by atoms with E-state index in [1.54, 1.807) is 12.1 Å². The number of hydrogen-bond donors (Lipinski definition) is 2. The Labute approximate surface area is 191 Å². The third-order valence-corrected chi connectivity index (χ3v) is 6.61. The van der Waals surface area contributed by atoms with Gasteiger partial charge in [-0.05, 0) is 56.7 Å². The molecule has 1 aromatic carbocycles. The van der Waals surface area contributed by atoms with Gasteiger partial charge in [0.1, 0.15) is 5.84 Å². The summed E-state index contributed by atoms with van der Waals surface area (Å²) >= 11 is 12.5. The first kappa shape index (κ1) is 22.2. The summed E-state index contributed by atoms with van der Waals surface area (Å²) in [4.78, 5) is 8.86. The molecule has 1 aromatic heterocycles. The fourth-order valence-electron chi connectivity index (χ4n) is 4.12. The van der Waals surface area contributed by atoms with Gasteiger partial charge in [-0.15, -0.1) is 10.2 Å². The number of amidine groups is 1. The minimum Gasteiger partial charge on any atom is -0.419 e. The second-order valence-electron chi connectivity index (χ2n) is 8.23.